The lowest BCUT2D eigenvalue weighted by Gasteiger charge is -2.32. The summed E-state index contributed by atoms with van der Waals surface area (Å²) in [6.45, 7) is 4.04. The van der Waals surface area contributed by atoms with Crippen LogP contribution in [-0.4, -0.2) is 33.4 Å². The van der Waals surface area contributed by atoms with Crippen molar-refractivity contribution in [3.63, 3.8) is 0 Å². The number of carbonyl (C=O) groups excluding carboxylic acids is 2. The number of nitrogens with one attached hydrogen (secondary N) is 2. The van der Waals surface area contributed by atoms with Gasteiger partial charge in [-0.15, -0.1) is 0 Å². The Bertz CT molecular complexity index is 1040. The van der Waals surface area contributed by atoms with Crippen LogP contribution in [0.4, 0.5) is 0 Å². The summed E-state index contributed by atoms with van der Waals surface area (Å²) in [5.41, 5.74) is 4.12. The Morgan fingerprint density at radius 2 is 1.96 bits per heavy atom. The van der Waals surface area contributed by atoms with Crippen molar-refractivity contribution in [3.05, 3.63) is 65.6 Å². The third kappa shape index (κ3) is 3.26. The Labute approximate surface area is 164 Å². The van der Waals surface area contributed by atoms with Crippen molar-refractivity contribution in [1.82, 2.24) is 20.2 Å². The fourth-order valence-electron chi connectivity index (χ4n) is 3.95. The van der Waals surface area contributed by atoms with E-state index in [2.05, 4.69) is 45.3 Å². The van der Waals surface area contributed by atoms with Gasteiger partial charge in [0.1, 0.15) is 12.1 Å². The molecule has 6 heteroatoms. The average molecular weight is 376 g/mol. The minimum absolute atomic E-state index is 0.148. The molecule has 28 heavy (non-hydrogen) atoms. The van der Waals surface area contributed by atoms with Crippen molar-refractivity contribution in [1.29, 1.82) is 0 Å². The van der Waals surface area contributed by atoms with Crippen LogP contribution in [0.3, 0.4) is 0 Å². The molecule has 0 unspecified atom stereocenters. The lowest BCUT2D eigenvalue weighted by molar-refractivity contribution is -0.137. The molecule has 0 aliphatic carbocycles. The van der Waals surface area contributed by atoms with Crippen LogP contribution in [0.1, 0.15) is 29.7 Å². The first kappa shape index (κ1) is 18.2. The molecule has 2 N–H and O–H groups in total. The number of hydrogen-bond acceptors (Lipinski definition) is 3. The van der Waals surface area contributed by atoms with Gasteiger partial charge < -0.3 is 15.2 Å². The van der Waals surface area contributed by atoms with Gasteiger partial charge in [-0.1, -0.05) is 24.6 Å². The largest absolute Gasteiger partial charge is 0.350 e. The number of hydrogen-bond donors (Lipinski definition) is 2. The minimum atomic E-state index is -0.599. The quantitative estimate of drug-likeness (QED) is 0.733. The molecule has 0 spiro atoms. The zero-order valence-electron chi connectivity index (χ0n) is 16.3. The molecule has 4 rings (SSSR count). The van der Waals surface area contributed by atoms with E-state index in [1.807, 2.05) is 38.4 Å². The molecule has 2 aromatic heterocycles. The molecule has 1 aliphatic rings. The fourth-order valence-corrected chi connectivity index (χ4v) is 3.95. The number of amides is 2. The van der Waals surface area contributed by atoms with E-state index in [1.54, 1.807) is 6.20 Å². The molecular weight excluding hydrogens is 352 g/mol. The highest BCUT2D eigenvalue weighted by Gasteiger charge is 2.38. The van der Waals surface area contributed by atoms with Crippen LogP contribution in [-0.2, 0) is 23.1 Å². The van der Waals surface area contributed by atoms with Crippen molar-refractivity contribution in [2.24, 2.45) is 7.05 Å². The molecule has 0 radical (unpaired) electrons. The smallest absolute Gasteiger partial charge is 0.243 e. The number of pyridine rings is 1. The second-order valence-electron chi connectivity index (χ2n) is 7.58. The van der Waals surface area contributed by atoms with Gasteiger partial charge in [-0.25, -0.2) is 0 Å². The molecule has 6 nitrogen and oxygen atoms in total. The maximum Gasteiger partial charge on any atom is 0.243 e. The molecule has 3 aromatic rings. The predicted octanol–water partition coefficient (Wildman–Crippen LogP) is 2.21. The Balaban J connectivity index is 1.57. The van der Waals surface area contributed by atoms with Crippen molar-refractivity contribution in [2.75, 3.05) is 0 Å². The van der Waals surface area contributed by atoms with Gasteiger partial charge in [0, 0.05) is 48.4 Å². The Morgan fingerprint density at radius 3 is 2.71 bits per heavy atom. The average Bonchev–Trinajstić information content (AvgIpc) is 3.00. The van der Waals surface area contributed by atoms with E-state index in [-0.39, 0.29) is 17.7 Å². The second kappa shape index (κ2) is 7.11. The molecule has 144 valence electrons. The van der Waals surface area contributed by atoms with Gasteiger partial charge in [0.15, 0.2) is 0 Å². The summed E-state index contributed by atoms with van der Waals surface area (Å²) in [6, 6.07) is 10.7. The zero-order valence-corrected chi connectivity index (χ0v) is 16.3. The van der Waals surface area contributed by atoms with Crippen LogP contribution in [0.5, 0.6) is 0 Å². The van der Waals surface area contributed by atoms with Gasteiger partial charge in [-0.05, 0) is 36.8 Å². The number of piperazine rings is 1. The molecule has 1 aromatic carbocycles. The lowest BCUT2D eigenvalue weighted by atomic mass is 9.89. The molecule has 1 aliphatic heterocycles. The standard InChI is InChI=1S/C22H24N4O2/c1-13-7-8-19-16(10-13)17(12-26(19)3)14(2)20-22(28)24-18(21(27)25-20)11-15-6-4-5-9-23-15/h4-10,12,14,18,20H,11H2,1-3H3,(H,24,28)(H,25,27)/t14-,18-,20-/m1/s1. The van der Waals surface area contributed by atoms with Crippen LogP contribution in [0.15, 0.2) is 48.8 Å². The van der Waals surface area contributed by atoms with E-state index in [9.17, 15) is 9.59 Å². The highest BCUT2D eigenvalue weighted by molar-refractivity contribution is 5.98. The lowest BCUT2D eigenvalue weighted by Crippen LogP contribution is -2.63. The van der Waals surface area contributed by atoms with Crippen LogP contribution in [0.25, 0.3) is 10.9 Å². The Kier molecular flexibility index (Phi) is 4.63. The van der Waals surface area contributed by atoms with Gasteiger partial charge in [-0.3, -0.25) is 14.6 Å². The summed E-state index contributed by atoms with van der Waals surface area (Å²) < 4.78 is 2.06. The van der Waals surface area contributed by atoms with Crippen LogP contribution >= 0.6 is 0 Å². The Hall–Kier alpha value is -3.15. The van der Waals surface area contributed by atoms with Crippen molar-refractivity contribution in [3.8, 4) is 0 Å². The number of aromatic nitrogens is 2. The first-order chi connectivity index (χ1) is 13.4. The second-order valence-corrected chi connectivity index (χ2v) is 7.58. The molecule has 2 amide bonds. The summed E-state index contributed by atoms with van der Waals surface area (Å²) in [7, 11) is 2.00. The molecule has 3 heterocycles. The van der Waals surface area contributed by atoms with Crippen molar-refractivity contribution in [2.45, 2.75) is 38.3 Å². The van der Waals surface area contributed by atoms with Crippen molar-refractivity contribution >= 4 is 22.7 Å². The Morgan fingerprint density at radius 1 is 1.14 bits per heavy atom. The van der Waals surface area contributed by atoms with Gasteiger partial charge in [0.05, 0.1) is 0 Å². The maximum atomic E-state index is 12.8. The normalized spacial score (nSPS) is 20.7. The summed E-state index contributed by atoms with van der Waals surface area (Å²) in [6.07, 6.45) is 4.12. The van der Waals surface area contributed by atoms with E-state index in [0.29, 0.717) is 6.42 Å². The number of carbonyl (C=O) groups is 2. The van der Waals surface area contributed by atoms with E-state index in [0.717, 1.165) is 22.2 Å². The summed E-state index contributed by atoms with van der Waals surface area (Å²) in [5.74, 6) is -0.471. The van der Waals surface area contributed by atoms with E-state index < -0.39 is 12.1 Å². The molecule has 1 fully saturated rings. The molecule has 3 atom stereocenters. The summed E-state index contributed by atoms with van der Waals surface area (Å²) in [4.78, 5) is 29.7. The van der Waals surface area contributed by atoms with E-state index in [1.165, 1.54) is 5.56 Å². The van der Waals surface area contributed by atoms with Gasteiger partial charge in [0.2, 0.25) is 11.8 Å². The SMILES string of the molecule is Cc1ccc2c(c1)c([C@@H](C)[C@H]1NC(=O)[C@@H](Cc3ccccn3)NC1=O)cn2C. The van der Waals surface area contributed by atoms with Crippen molar-refractivity contribution < 1.29 is 9.59 Å². The van der Waals surface area contributed by atoms with Crippen LogP contribution in [0, 0.1) is 6.92 Å². The van der Waals surface area contributed by atoms with Gasteiger partial charge >= 0.3 is 0 Å². The van der Waals surface area contributed by atoms with Crippen LogP contribution in [0.2, 0.25) is 0 Å². The fraction of sp³-hybridized carbons (Fsp3) is 0.318. The maximum absolute atomic E-state index is 12.8. The number of nitrogens with zero attached hydrogens (tertiary/aromatic N) is 2. The number of aryl methyl sites for hydroxylation is 2. The summed E-state index contributed by atoms with van der Waals surface area (Å²) in [5, 5.41) is 6.94. The highest BCUT2D eigenvalue weighted by atomic mass is 16.2. The minimum Gasteiger partial charge on any atom is -0.350 e. The highest BCUT2D eigenvalue weighted by Crippen LogP contribution is 2.31. The van der Waals surface area contributed by atoms with Crippen LogP contribution < -0.4 is 10.6 Å². The van der Waals surface area contributed by atoms with Gasteiger partial charge in [-0.2, -0.15) is 0 Å². The topological polar surface area (TPSA) is 76.0 Å². The number of fused-ring (bicyclic) bond motifs is 1. The zero-order chi connectivity index (χ0) is 19.8. The molecular formula is C22H24N4O2. The summed E-state index contributed by atoms with van der Waals surface area (Å²) >= 11 is 0. The molecule has 0 saturated carbocycles. The first-order valence-electron chi connectivity index (χ1n) is 9.50. The predicted molar refractivity (Wildman–Crippen MR) is 108 cm³/mol. The first-order valence-corrected chi connectivity index (χ1v) is 9.50. The van der Waals surface area contributed by atoms with E-state index in [4.69, 9.17) is 0 Å². The number of benzene rings is 1. The van der Waals surface area contributed by atoms with Gasteiger partial charge in [0.25, 0.3) is 0 Å². The van der Waals surface area contributed by atoms with E-state index >= 15 is 0 Å². The third-order valence-electron chi connectivity index (χ3n) is 5.52. The molecule has 1 saturated heterocycles. The number of rotatable bonds is 4. The molecule has 0 bridgehead atoms. The third-order valence-corrected chi connectivity index (χ3v) is 5.52. The monoisotopic (exact) mass is 376 g/mol.